The smallest absolute Gasteiger partial charge is 0.282 e. The predicted molar refractivity (Wildman–Crippen MR) is 172 cm³/mol. The van der Waals surface area contributed by atoms with Crippen LogP contribution in [0.4, 0.5) is 0 Å². The number of aryl methyl sites for hydroxylation is 1. The zero-order chi connectivity index (χ0) is 29.1. The van der Waals surface area contributed by atoms with Gasteiger partial charge in [-0.2, -0.15) is 8.42 Å². The van der Waals surface area contributed by atoms with Gasteiger partial charge < -0.3 is 0 Å². The van der Waals surface area contributed by atoms with Crippen LogP contribution in [0.25, 0.3) is 44.5 Å². The van der Waals surface area contributed by atoms with Crippen molar-refractivity contribution in [2.45, 2.75) is 18.2 Å². The molecule has 0 unspecified atom stereocenters. The Bertz CT molecular complexity index is 1950. The van der Waals surface area contributed by atoms with E-state index in [9.17, 15) is 8.42 Å². The van der Waals surface area contributed by atoms with Gasteiger partial charge >= 0.3 is 0 Å². The van der Waals surface area contributed by atoms with E-state index in [4.69, 9.17) is 4.55 Å². The number of fused-ring (bicyclic) bond motifs is 3. The van der Waals surface area contributed by atoms with E-state index in [0.29, 0.717) is 0 Å². The average Bonchev–Trinajstić information content (AvgIpc) is 3.40. The van der Waals surface area contributed by atoms with Crippen LogP contribution in [-0.2, 0) is 16.5 Å². The molecule has 0 spiro atoms. The predicted octanol–water partition coefficient (Wildman–Crippen LogP) is 9.50. The van der Waals surface area contributed by atoms with Gasteiger partial charge in [0, 0.05) is 0 Å². The molecule has 0 amide bonds. The highest BCUT2D eigenvalue weighted by Crippen LogP contribution is 2.50. The molecule has 1 aliphatic carbocycles. The second-order valence-corrected chi connectivity index (χ2v) is 11.8. The summed E-state index contributed by atoms with van der Waals surface area (Å²) in [7, 11) is -4.02. The summed E-state index contributed by atoms with van der Waals surface area (Å²) >= 11 is 0. The fourth-order valence-corrected chi connectivity index (χ4v) is 6.14. The van der Waals surface area contributed by atoms with Gasteiger partial charge in [-0.15, -0.1) is 0 Å². The van der Waals surface area contributed by atoms with E-state index < -0.39 is 10.1 Å². The molecule has 6 aromatic carbocycles. The maximum Gasteiger partial charge on any atom is 0.294 e. The van der Waals surface area contributed by atoms with Gasteiger partial charge in [-0.1, -0.05) is 133 Å². The minimum atomic E-state index is -4.02. The molecule has 206 valence electrons. The summed E-state index contributed by atoms with van der Waals surface area (Å²) in [6, 6.07) is 49.8. The van der Waals surface area contributed by atoms with Gasteiger partial charge in [-0.05, 0) is 87.2 Å². The van der Waals surface area contributed by atoms with Gasteiger partial charge in [0.15, 0.2) is 0 Å². The molecule has 1 aliphatic rings. The third-order valence-electron chi connectivity index (χ3n) is 7.64. The van der Waals surface area contributed by atoms with Crippen LogP contribution in [0.15, 0.2) is 150 Å². The van der Waals surface area contributed by atoms with Crippen LogP contribution in [0.2, 0.25) is 0 Å². The topological polar surface area (TPSA) is 54.4 Å². The Morgan fingerprint density at radius 3 is 1.60 bits per heavy atom. The van der Waals surface area contributed by atoms with Crippen molar-refractivity contribution in [2.75, 3.05) is 0 Å². The van der Waals surface area contributed by atoms with Crippen molar-refractivity contribution in [2.24, 2.45) is 0 Å². The first-order chi connectivity index (χ1) is 20.4. The number of benzene rings is 6. The van der Waals surface area contributed by atoms with Gasteiger partial charge in [0.05, 0.1) is 4.90 Å². The van der Waals surface area contributed by atoms with Crippen LogP contribution in [0.1, 0.15) is 16.7 Å². The van der Waals surface area contributed by atoms with Gasteiger partial charge in [0.2, 0.25) is 0 Å². The number of hydrogen-bond acceptors (Lipinski definition) is 2. The van der Waals surface area contributed by atoms with E-state index >= 15 is 0 Å². The summed E-state index contributed by atoms with van der Waals surface area (Å²) in [5, 5.41) is 0. The largest absolute Gasteiger partial charge is 0.294 e. The molecule has 42 heavy (non-hydrogen) atoms. The lowest BCUT2D eigenvalue weighted by atomic mass is 9.82. The third kappa shape index (κ3) is 5.55. The van der Waals surface area contributed by atoms with E-state index in [1.807, 2.05) is 6.92 Å². The maximum absolute atomic E-state index is 10.5. The van der Waals surface area contributed by atoms with Gasteiger partial charge in [0.1, 0.15) is 0 Å². The molecule has 0 saturated heterocycles. The maximum atomic E-state index is 10.5. The summed E-state index contributed by atoms with van der Waals surface area (Å²) in [6.07, 6.45) is 0.977. The highest BCUT2D eigenvalue weighted by atomic mass is 32.2. The van der Waals surface area contributed by atoms with Crippen molar-refractivity contribution in [1.29, 1.82) is 0 Å². The molecule has 1 N–H and O–H groups in total. The first-order valence-electron chi connectivity index (χ1n) is 13.9. The molecule has 0 atom stereocenters. The monoisotopic (exact) mass is 566 g/mol. The van der Waals surface area contributed by atoms with E-state index in [2.05, 4.69) is 121 Å². The summed E-state index contributed by atoms with van der Waals surface area (Å²) in [4.78, 5) is -0.0666. The highest BCUT2D eigenvalue weighted by molar-refractivity contribution is 7.85. The Morgan fingerprint density at radius 1 is 0.524 bits per heavy atom. The van der Waals surface area contributed by atoms with Crippen molar-refractivity contribution >= 4 is 10.1 Å². The molecule has 4 heteroatoms. The quantitative estimate of drug-likeness (QED) is 0.216. The third-order valence-corrected chi connectivity index (χ3v) is 8.51. The zero-order valence-electron chi connectivity index (χ0n) is 23.2. The molecule has 7 rings (SSSR count). The molecular weight excluding hydrogens is 536 g/mol. The highest BCUT2D eigenvalue weighted by Gasteiger charge is 2.27. The van der Waals surface area contributed by atoms with Crippen LogP contribution in [-0.4, -0.2) is 13.0 Å². The molecule has 0 saturated carbocycles. The average molecular weight is 567 g/mol. The Kier molecular flexibility index (Phi) is 7.58. The van der Waals surface area contributed by atoms with Crippen LogP contribution >= 0.6 is 0 Å². The number of hydrogen-bond donors (Lipinski definition) is 1. The molecule has 0 heterocycles. The van der Waals surface area contributed by atoms with Gasteiger partial charge in [0.25, 0.3) is 10.1 Å². The molecule has 3 nitrogen and oxygen atoms in total. The molecular formula is C38H30O3S. The SMILES string of the molecule is Cc1ccc(S(=O)(=O)O)cc1.c1ccc(-c2cc3c(c(-c4ccccc4)c2-c2ccccc2)Cc2ccccc2-3)cc1. The zero-order valence-corrected chi connectivity index (χ0v) is 24.1. The lowest BCUT2D eigenvalue weighted by molar-refractivity contribution is 0.483. The summed E-state index contributed by atoms with van der Waals surface area (Å²) < 4.78 is 29.6. The normalized spacial score (nSPS) is 11.7. The molecule has 6 aromatic rings. The van der Waals surface area contributed by atoms with Gasteiger partial charge in [-0.3, -0.25) is 4.55 Å². The first kappa shape index (κ1) is 27.4. The Labute approximate surface area is 247 Å². The summed E-state index contributed by atoms with van der Waals surface area (Å²) in [6.45, 7) is 1.84. The lowest BCUT2D eigenvalue weighted by Crippen LogP contribution is -1.96. The van der Waals surface area contributed by atoms with Crippen molar-refractivity contribution < 1.29 is 13.0 Å². The minimum absolute atomic E-state index is 0.0666. The summed E-state index contributed by atoms with van der Waals surface area (Å²) in [5.41, 5.74) is 14.3. The number of rotatable bonds is 4. The lowest BCUT2D eigenvalue weighted by Gasteiger charge is -2.21. The fraction of sp³-hybridized carbons (Fsp3) is 0.0526. The van der Waals surface area contributed by atoms with E-state index in [1.165, 1.54) is 67.8 Å². The van der Waals surface area contributed by atoms with Crippen molar-refractivity contribution in [3.63, 3.8) is 0 Å². The second kappa shape index (κ2) is 11.6. The van der Waals surface area contributed by atoms with E-state index in [-0.39, 0.29) is 4.90 Å². The molecule has 0 fully saturated rings. The molecule has 0 aliphatic heterocycles. The van der Waals surface area contributed by atoms with E-state index in [1.54, 1.807) is 12.1 Å². The van der Waals surface area contributed by atoms with E-state index in [0.717, 1.165) is 12.0 Å². The van der Waals surface area contributed by atoms with Crippen molar-refractivity contribution in [1.82, 2.24) is 0 Å². The molecule has 0 radical (unpaired) electrons. The standard InChI is InChI=1S/C31H22.C7H8O3S/c1-4-12-22(13-5-1)27-21-28-26-19-11-10-18-25(26)20-29(28)31(24-16-8-3-9-17-24)30(27)23-14-6-2-7-15-23;1-6-2-4-7(5-3-6)11(8,9)10/h1-19,21H,20H2;2-5H,1H3,(H,8,9,10). The summed E-state index contributed by atoms with van der Waals surface area (Å²) in [5.74, 6) is 0. The first-order valence-corrected chi connectivity index (χ1v) is 15.3. The molecule has 0 bridgehead atoms. The molecule has 0 aromatic heterocycles. The Morgan fingerprint density at radius 2 is 1.02 bits per heavy atom. The van der Waals surface area contributed by atoms with Crippen molar-refractivity contribution in [3.8, 4) is 44.5 Å². The minimum Gasteiger partial charge on any atom is -0.282 e. The van der Waals surface area contributed by atoms with Crippen LogP contribution in [0, 0.1) is 6.92 Å². The Hall–Kier alpha value is -4.77. The van der Waals surface area contributed by atoms with Crippen molar-refractivity contribution in [3.05, 3.63) is 162 Å². The fourth-order valence-electron chi connectivity index (χ4n) is 5.66. The van der Waals surface area contributed by atoms with Crippen LogP contribution in [0.5, 0.6) is 0 Å². The van der Waals surface area contributed by atoms with Crippen LogP contribution < -0.4 is 0 Å². The van der Waals surface area contributed by atoms with Gasteiger partial charge in [-0.25, -0.2) is 0 Å². The second-order valence-electron chi connectivity index (χ2n) is 10.4. The Balaban J connectivity index is 0.000000244. The van der Waals surface area contributed by atoms with Crippen LogP contribution in [0.3, 0.4) is 0 Å².